The fraction of sp³-hybridized carbons (Fsp3) is 0.571. The van der Waals surface area contributed by atoms with Crippen molar-refractivity contribution < 1.29 is 14.3 Å². The summed E-state index contributed by atoms with van der Waals surface area (Å²) in [6, 6.07) is 9.04. The number of ether oxygens (including phenoxy) is 1. The maximum atomic E-state index is 12.7. The zero-order valence-electron chi connectivity index (χ0n) is 24.1. The van der Waals surface area contributed by atoms with Gasteiger partial charge in [0, 0.05) is 51.0 Å². The second kappa shape index (κ2) is 14.1. The van der Waals surface area contributed by atoms with Crippen molar-refractivity contribution in [2.75, 3.05) is 51.2 Å². The van der Waals surface area contributed by atoms with Crippen molar-refractivity contribution in [1.82, 2.24) is 24.3 Å². The molecule has 3 heterocycles. The minimum Gasteiger partial charge on any atom is -0.492 e. The van der Waals surface area contributed by atoms with Crippen LogP contribution in [0.5, 0.6) is 5.75 Å². The molecule has 0 saturated carbocycles. The van der Waals surface area contributed by atoms with Gasteiger partial charge in [0.2, 0.25) is 5.91 Å². The predicted molar refractivity (Wildman–Crippen MR) is 161 cm³/mol. The van der Waals surface area contributed by atoms with Crippen molar-refractivity contribution >= 4 is 30.2 Å². The molecule has 1 aromatic carbocycles. The van der Waals surface area contributed by atoms with Gasteiger partial charge in [-0.05, 0) is 76.9 Å². The number of aromatic nitrogens is 2. The summed E-state index contributed by atoms with van der Waals surface area (Å²) >= 11 is 0. The van der Waals surface area contributed by atoms with Gasteiger partial charge >= 0.3 is 11.7 Å². The minimum atomic E-state index is -0.952. The molecule has 226 valence electrons. The first-order chi connectivity index (χ1) is 19.0. The van der Waals surface area contributed by atoms with Crippen LogP contribution >= 0.6 is 12.4 Å². The number of piperazine rings is 1. The Balaban J connectivity index is 0.00000462. The largest absolute Gasteiger partial charge is 0.492 e. The average Bonchev–Trinajstić information content (AvgIpc) is 3.15. The van der Waals surface area contributed by atoms with E-state index in [1.54, 1.807) is 48.0 Å². The number of hydrogen-bond donors (Lipinski definition) is 3. The van der Waals surface area contributed by atoms with E-state index in [1.807, 2.05) is 12.1 Å². The highest BCUT2D eigenvalue weighted by Gasteiger charge is 2.31. The summed E-state index contributed by atoms with van der Waals surface area (Å²) in [5.74, 6) is 0.741. The lowest BCUT2D eigenvalue weighted by molar-refractivity contribution is -0.137. The molecule has 2 aliphatic heterocycles. The topological polar surface area (TPSA) is 152 Å². The number of nitrogens with one attached hydrogen (secondary N) is 1. The van der Waals surface area contributed by atoms with E-state index in [0.29, 0.717) is 38.5 Å². The monoisotopic (exact) mass is 590 g/mol. The fourth-order valence-electron chi connectivity index (χ4n) is 4.99. The predicted octanol–water partition coefficient (Wildman–Crippen LogP) is 1.65. The number of hydrogen-bond acceptors (Lipinski definition) is 8. The van der Waals surface area contributed by atoms with Crippen LogP contribution in [0.25, 0.3) is 5.69 Å². The third-order valence-corrected chi connectivity index (χ3v) is 7.48. The second-order valence-corrected chi connectivity index (χ2v) is 11.3. The molecule has 0 aliphatic carbocycles. The van der Waals surface area contributed by atoms with Gasteiger partial charge < -0.3 is 26.0 Å². The number of nitrogens with zero attached hydrogens (tertiary/aromatic N) is 5. The van der Waals surface area contributed by atoms with Crippen molar-refractivity contribution in [3.05, 3.63) is 47.0 Å². The summed E-state index contributed by atoms with van der Waals surface area (Å²) in [7, 11) is 0. The molecule has 4 rings (SSSR count). The molecule has 0 radical (unpaired) electrons. The Labute approximate surface area is 247 Å². The van der Waals surface area contributed by atoms with E-state index in [9.17, 15) is 14.4 Å². The van der Waals surface area contributed by atoms with E-state index >= 15 is 0 Å². The maximum absolute atomic E-state index is 12.7. The number of halogens is 1. The van der Waals surface area contributed by atoms with Gasteiger partial charge in [-0.1, -0.05) is 0 Å². The molecular weight excluding hydrogens is 548 g/mol. The highest BCUT2D eigenvalue weighted by atomic mass is 35.5. The molecule has 41 heavy (non-hydrogen) atoms. The molecule has 2 unspecified atom stereocenters. The standard InChI is InChI=1S/C28H42N8O4.ClH/c1-20(33-12-4-5-21(29)10-13-33)19-40-23-8-6-22(7-9-23)36-14-11-24(32-27(36)39)31-26(38)35-17-15-34(16-18-35)25(37)28(2,3)30;/h6-9,11,14,20-21H,4-5,10,12-13,15-19,29-30H2,1-3H3,(H,31,32,38,39);1H. The summed E-state index contributed by atoms with van der Waals surface area (Å²) in [6.45, 7) is 9.62. The van der Waals surface area contributed by atoms with Crippen LogP contribution in [0.1, 0.15) is 40.0 Å². The number of anilines is 1. The lowest BCUT2D eigenvalue weighted by Gasteiger charge is -2.37. The van der Waals surface area contributed by atoms with Crippen LogP contribution in [0.3, 0.4) is 0 Å². The first-order valence-corrected chi connectivity index (χ1v) is 14.0. The molecule has 1 aromatic heterocycles. The van der Waals surface area contributed by atoms with Crippen LogP contribution < -0.4 is 27.2 Å². The van der Waals surface area contributed by atoms with Crippen LogP contribution in [0.2, 0.25) is 0 Å². The van der Waals surface area contributed by atoms with Crippen LogP contribution in [-0.4, -0.2) is 99.7 Å². The van der Waals surface area contributed by atoms with Crippen molar-refractivity contribution in [3.63, 3.8) is 0 Å². The van der Waals surface area contributed by atoms with Gasteiger partial charge in [-0.15, -0.1) is 12.4 Å². The van der Waals surface area contributed by atoms with E-state index in [2.05, 4.69) is 22.1 Å². The lowest BCUT2D eigenvalue weighted by Crippen LogP contribution is -2.58. The Kier molecular flexibility index (Phi) is 11.1. The summed E-state index contributed by atoms with van der Waals surface area (Å²) in [6.07, 6.45) is 4.77. The van der Waals surface area contributed by atoms with Crippen molar-refractivity contribution in [1.29, 1.82) is 0 Å². The van der Waals surface area contributed by atoms with Gasteiger partial charge in [0.05, 0.1) is 11.2 Å². The molecule has 2 aromatic rings. The summed E-state index contributed by atoms with van der Waals surface area (Å²) in [5.41, 5.74) is 11.2. The van der Waals surface area contributed by atoms with Crippen LogP contribution in [0.15, 0.2) is 41.3 Å². The number of carbonyl (C=O) groups is 2. The smallest absolute Gasteiger partial charge is 0.354 e. The van der Waals surface area contributed by atoms with Gasteiger partial charge in [-0.3, -0.25) is 19.6 Å². The van der Waals surface area contributed by atoms with E-state index in [0.717, 1.165) is 38.1 Å². The minimum absolute atomic E-state index is 0. The Hall–Kier alpha value is -3.19. The number of likely N-dealkylation sites (tertiary alicyclic amines) is 1. The zero-order valence-corrected chi connectivity index (χ0v) is 24.9. The van der Waals surface area contributed by atoms with Gasteiger partial charge in [-0.25, -0.2) is 9.59 Å². The molecular formula is C28H43ClN8O4. The lowest BCUT2D eigenvalue weighted by atomic mass is 10.1. The van der Waals surface area contributed by atoms with Gasteiger partial charge in [0.25, 0.3) is 0 Å². The first-order valence-electron chi connectivity index (χ1n) is 14.0. The summed E-state index contributed by atoms with van der Waals surface area (Å²) < 4.78 is 7.41. The molecule has 0 spiro atoms. The number of benzene rings is 1. The third-order valence-electron chi connectivity index (χ3n) is 7.48. The molecule has 2 fully saturated rings. The number of nitrogens with two attached hydrogens (primary N) is 2. The third kappa shape index (κ3) is 8.65. The van der Waals surface area contributed by atoms with E-state index in [4.69, 9.17) is 16.2 Å². The van der Waals surface area contributed by atoms with Crippen LogP contribution in [0, 0.1) is 0 Å². The Morgan fingerprint density at radius 3 is 2.34 bits per heavy atom. The molecule has 0 bridgehead atoms. The van der Waals surface area contributed by atoms with E-state index in [1.165, 1.54) is 4.57 Å². The molecule has 13 heteroatoms. The number of rotatable bonds is 7. The molecule has 2 saturated heterocycles. The zero-order chi connectivity index (χ0) is 28.9. The molecule has 12 nitrogen and oxygen atoms in total. The van der Waals surface area contributed by atoms with Gasteiger partial charge in [-0.2, -0.15) is 4.98 Å². The molecule has 3 amide bonds. The van der Waals surface area contributed by atoms with Crippen LogP contribution in [-0.2, 0) is 4.79 Å². The Morgan fingerprint density at radius 2 is 1.71 bits per heavy atom. The first kappa shape index (κ1) is 32.3. The summed E-state index contributed by atoms with van der Waals surface area (Å²) in [4.78, 5) is 47.5. The van der Waals surface area contributed by atoms with E-state index < -0.39 is 11.2 Å². The van der Waals surface area contributed by atoms with E-state index in [-0.39, 0.29) is 42.2 Å². The maximum Gasteiger partial charge on any atom is 0.354 e. The fourth-order valence-corrected chi connectivity index (χ4v) is 4.99. The van der Waals surface area contributed by atoms with Gasteiger partial charge in [0.1, 0.15) is 18.2 Å². The van der Waals surface area contributed by atoms with Crippen molar-refractivity contribution in [2.24, 2.45) is 11.5 Å². The second-order valence-electron chi connectivity index (χ2n) is 11.3. The Bertz CT molecular complexity index is 1220. The van der Waals surface area contributed by atoms with Crippen LogP contribution in [0.4, 0.5) is 10.6 Å². The SMILES string of the molecule is CC(COc1ccc(-n2ccc(NC(=O)N3CCN(C(=O)C(C)(C)N)CC3)nc2=O)cc1)N1CCCC(N)CC1.Cl. The number of urea groups is 1. The highest BCUT2D eigenvalue weighted by molar-refractivity contribution is 5.89. The highest BCUT2D eigenvalue weighted by Crippen LogP contribution is 2.17. The molecule has 2 atom stereocenters. The molecule has 2 aliphatic rings. The molecule has 5 N–H and O–H groups in total. The summed E-state index contributed by atoms with van der Waals surface area (Å²) in [5, 5.41) is 2.68. The van der Waals surface area contributed by atoms with Crippen molar-refractivity contribution in [2.45, 2.75) is 57.7 Å². The van der Waals surface area contributed by atoms with Crippen molar-refractivity contribution in [3.8, 4) is 11.4 Å². The normalized spacial score (nSPS) is 19.1. The number of carbonyl (C=O) groups excluding carboxylic acids is 2. The Morgan fingerprint density at radius 1 is 1.05 bits per heavy atom. The average molecular weight is 591 g/mol. The number of amides is 3. The van der Waals surface area contributed by atoms with Gasteiger partial charge in [0.15, 0.2) is 0 Å². The quantitative estimate of drug-likeness (QED) is 0.440.